The van der Waals surface area contributed by atoms with E-state index in [2.05, 4.69) is 0 Å². The van der Waals surface area contributed by atoms with Crippen molar-refractivity contribution in [2.24, 2.45) is 0 Å². The zero-order chi connectivity index (χ0) is 17.3. The molecule has 0 radical (unpaired) electrons. The van der Waals surface area contributed by atoms with E-state index in [9.17, 15) is 30.6 Å². The van der Waals surface area contributed by atoms with Gasteiger partial charge in [-0.1, -0.05) is 0 Å². The van der Waals surface area contributed by atoms with Gasteiger partial charge in [0.15, 0.2) is 12.6 Å². The lowest BCUT2D eigenvalue weighted by Gasteiger charge is -2.44. The summed E-state index contributed by atoms with van der Waals surface area (Å²) in [6.45, 7) is -1.33. The molecule has 11 heteroatoms. The molecule has 2 fully saturated rings. The van der Waals surface area contributed by atoms with E-state index >= 15 is 0 Å². The first-order valence-corrected chi connectivity index (χ1v) is 7.08. The molecule has 2 aliphatic rings. The lowest BCUT2D eigenvalue weighted by Crippen LogP contribution is -2.64. The molecule has 1 unspecified atom stereocenters. The van der Waals surface area contributed by atoms with Crippen LogP contribution in [0.3, 0.4) is 0 Å². The lowest BCUT2D eigenvalue weighted by atomic mass is 9.97. The van der Waals surface area contributed by atoms with E-state index in [1.807, 2.05) is 0 Å². The monoisotopic (exact) mass is 342 g/mol. The second-order valence-electron chi connectivity index (χ2n) is 5.53. The van der Waals surface area contributed by atoms with Gasteiger partial charge in [0.25, 0.3) is 0 Å². The SMILES string of the molecule is OC[C@H]1O[C@@H](O)[C@H](OC2O[C@H](CO)[C@@H](O)[C@H](O)[C@@H]2O)[C@@H](O)[C@@H]1O. The highest BCUT2D eigenvalue weighted by molar-refractivity contribution is 4.93. The van der Waals surface area contributed by atoms with Crippen molar-refractivity contribution in [2.45, 2.75) is 61.4 Å². The average Bonchev–Trinajstić information content (AvgIpc) is 2.54. The van der Waals surface area contributed by atoms with Crippen LogP contribution in [-0.2, 0) is 14.2 Å². The molecular weight excluding hydrogens is 320 g/mol. The van der Waals surface area contributed by atoms with Crippen LogP contribution < -0.4 is 0 Å². The third-order valence-corrected chi connectivity index (χ3v) is 3.98. The van der Waals surface area contributed by atoms with Gasteiger partial charge in [-0.25, -0.2) is 0 Å². The van der Waals surface area contributed by atoms with Crippen LogP contribution in [0.5, 0.6) is 0 Å². The Morgan fingerprint density at radius 2 is 1.17 bits per heavy atom. The number of aliphatic hydroxyl groups excluding tert-OH is 8. The van der Waals surface area contributed by atoms with Crippen molar-refractivity contribution in [1.82, 2.24) is 0 Å². The quantitative estimate of drug-likeness (QED) is 0.243. The molecule has 11 nitrogen and oxygen atoms in total. The molecule has 0 aromatic heterocycles. The Morgan fingerprint density at radius 1 is 0.652 bits per heavy atom. The van der Waals surface area contributed by atoms with Crippen molar-refractivity contribution in [3.8, 4) is 0 Å². The fourth-order valence-corrected chi connectivity index (χ4v) is 2.55. The zero-order valence-corrected chi connectivity index (χ0v) is 12.0. The van der Waals surface area contributed by atoms with Crippen LogP contribution in [0.2, 0.25) is 0 Å². The molecule has 136 valence electrons. The summed E-state index contributed by atoms with van der Waals surface area (Å²) in [5.41, 5.74) is 0. The molecule has 2 rings (SSSR count). The molecule has 10 atom stereocenters. The Balaban J connectivity index is 2.08. The topological polar surface area (TPSA) is 190 Å². The maximum Gasteiger partial charge on any atom is 0.187 e. The van der Waals surface area contributed by atoms with Gasteiger partial charge in [0.05, 0.1) is 13.2 Å². The van der Waals surface area contributed by atoms with E-state index in [1.54, 1.807) is 0 Å². The summed E-state index contributed by atoms with van der Waals surface area (Å²) in [5, 5.41) is 76.7. The Morgan fingerprint density at radius 3 is 1.74 bits per heavy atom. The van der Waals surface area contributed by atoms with Crippen molar-refractivity contribution in [3.63, 3.8) is 0 Å². The predicted molar refractivity (Wildman–Crippen MR) is 68.6 cm³/mol. The largest absolute Gasteiger partial charge is 0.394 e. The van der Waals surface area contributed by atoms with Crippen LogP contribution >= 0.6 is 0 Å². The fourth-order valence-electron chi connectivity index (χ4n) is 2.55. The number of rotatable bonds is 4. The van der Waals surface area contributed by atoms with Gasteiger partial charge in [0.1, 0.15) is 48.8 Å². The van der Waals surface area contributed by atoms with Gasteiger partial charge in [-0.15, -0.1) is 0 Å². The summed E-state index contributed by atoms with van der Waals surface area (Å²) in [6.07, 6.45) is -15.6. The lowest BCUT2D eigenvalue weighted by molar-refractivity contribution is -0.361. The van der Waals surface area contributed by atoms with E-state index < -0.39 is 74.6 Å². The first kappa shape index (κ1) is 18.9. The highest BCUT2D eigenvalue weighted by Gasteiger charge is 2.50. The van der Waals surface area contributed by atoms with Gasteiger partial charge in [-0.3, -0.25) is 0 Å². The number of aliphatic hydroxyl groups is 8. The summed E-state index contributed by atoms with van der Waals surface area (Å²) in [5.74, 6) is 0. The molecule has 0 bridgehead atoms. The van der Waals surface area contributed by atoms with Crippen LogP contribution in [0.15, 0.2) is 0 Å². The first-order chi connectivity index (χ1) is 10.8. The molecular formula is C12H22O11. The molecule has 0 spiro atoms. The molecule has 23 heavy (non-hydrogen) atoms. The van der Waals surface area contributed by atoms with Gasteiger partial charge in [0, 0.05) is 0 Å². The molecule has 8 N–H and O–H groups in total. The second kappa shape index (κ2) is 7.63. The van der Waals surface area contributed by atoms with Crippen molar-refractivity contribution in [2.75, 3.05) is 13.2 Å². The molecule has 2 aliphatic heterocycles. The minimum Gasteiger partial charge on any atom is -0.394 e. The summed E-state index contributed by atoms with van der Waals surface area (Å²) in [7, 11) is 0. The first-order valence-electron chi connectivity index (χ1n) is 7.08. The maximum absolute atomic E-state index is 9.94. The van der Waals surface area contributed by atoms with Gasteiger partial charge in [-0.2, -0.15) is 0 Å². The third kappa shape index (κ3) is 3.65. The molecule has 0 aromatic rings. The van der Waals surface area contributed by atoms with E-state index in [4.69, 9.17) is 24.4 Å². The second-order valence-corrected chi connectivity index (χ2v) is 5.53. The Hall–Kier alpha value is -0.440. The summed E-state index contributed by atoms with van der Waals surface area (Å²) >= 11 is 0. The predicted octanol–water partition coefficient (Wildman–Crippen LogP) is -5.40. The Labute approximate surface area is 130 Å². The third-order valence-electron chi connectivity index (χ3n) is 3.98. The highest BCUT2D eigenvalue weighted by Crippen LogP contribution is 2.28. The molecule has 0 aliphatic carbocycles. The smallest absolute Gasteiger partial charge is 0.187 e. The van der Waals surface area contributed by atoms with E-state index in [-0.39, 0.29) is 0 Å². The normalized spacial score (nSPS) is 51.7. The maximum atomic E-state index is 9.94. The Bertz CT molecular complexity index is 380. The fraction of sp³-hybridized carbons (Fsp3) is 1.00. The molecule has 2 heterocycles. The molecule has 0 saturated carbocycles. The number of hydrogen-bond acceptors (Lipinski definition) is 11. The van der Waals surface area contributed by atoms with Gasteiger partial charge in [0.2, 0.25) is 0 Å². The van der Waals surface area contributed by atoms with Gasteiger partial charge >= 0.3 is 0 Å². The molecule has 0 amide bonds. The van der Waals surface area contributed by atoms with Crippen molar-refractivity contribution in [1.29, 1.82) is 0 Å². The minimum atomic E-state index is -1.75. The van der Waals surface area contributed by atoms with Crippen molar-refractivity contribution in [3.05, 3.63) is 0 Å². The molecule has 2 saturated heterocycles. The standard InChI is InChI=1S/C12H22O11/c13-1-3-6(16)8(18)10(11(20)21-3)23-12-9(19)7(17)5(15)4(2-14)22-12/h3-20H,1-2H2/t3-,4-,5-,6-,7+,8+,9+,10-,11-,12?/m1/s1. The molecule has 0 aromatic carbocycles. The van der Waals surface area contributed by atoms with Crippen LogP contribution in [-0.4, -0.2) is 115 Å². The minimum absolute atomic E-state index is 0.651. The van der Waals surface area contributed by atoms with Crippen LogP contribution in [0.25, 0.3) is 0 Å². The number of hydrogen-bond donors (Lipinski definition) is 8. The van der Waals surface area contributed by atoms with E-state index in [0.717, 1.165) is 0 Å². The summed E-state index contributed by atoms with van der Waals surface area (Å²) in [4.78, 5) is 0. The van der Waals surface area contributed by atoms with Gasteiger partial charge < -0.3 is 55.1 Å². The van der Waals surface area contributed by atoms with Crippen LogP contribution in [0, 0.1) is 0 Å². The zero-order valence-electron chi connectivity index (χ0n) is 12.0. The van der Waals surface area contributed by atoms with Gasteiger partial charge in [-0.05, 0) is 0 Å². The summed E-state index contributed by atoms with van der Waals surface area (Å²) in [6, 6.07) is 0. The van der Waals surface area contributed by atoms with E-state index in [0.29, 0.717) is 0 Å². The van der Waals surface area contributed by atoms with Crippen molar-refractivity contribution < 1.29 is 55.1 Å². The Kier molecular flexibility index (Phi) is 6.27. The number of ether oxygens (including phenoxy) is 3. The van der Waals surface area contributed by atoms with Crippen LogP contribution in [0.4, 0.5) is 0 Å². The highest BCUT2D eigenvalue weighted by atomic mass is 16.7. The van der Waals surface area contributed by atoms with E-state index in [1.165, 1.54) is 0 Å². The van der Waals surface area contributed by atoms with Crippen LogP contribution in [0.1, 0.15) is 0 Å². The van der Waals surface area contributed by atoms with Crippen molar-refractivity contribution >= 4 is 0 Å². The average molecular weight is 342 g/mol. The summed E-state index contributed by atoms with van der Waals surface area (Å²) < 4.78 is 15.1.